The molecule has 2 N–H and O–H groups in total. The maximum Gasteiger partial charge on any atom is 0.433 e. The molecule has 0 heterocycles. The van der Waals surface area contributed by atoms with Gasteiger partial charge in [0.25, 0.3) is 0 Å². The molecule has 0 bridgehead atoms. The Hall–Kier alpha value is -3.03. The Bertz CT molecular complexity index is 927. The second-order valence-electron chi connectivity index (χ2n) is 7.04. The van der Waals surface area contributed by atoms with Gasteiger partial charge in [-0.05, 0) is 24.5 Å². The summed E-state index contributed by atoms with van der Waals surface area (Å²) in [5.74, 6) is -1.18. The number of alkyl halides is 3. The molecule has 5 nitrogen and oxygen atoms in total. The van der Waals surface area contributed by atoms with Crippen molar-refractivity contribution in [3.63, 3.8) is 0 Å². The number of carbonyl (C=O) groups is 1. The smallest absolute Gasteiger partial charge is 0.433 e. The molecule has 0 saturated carbocycles. The van der Waals surface area contributed by atoms with Gasteiger partial charge in [0.15, 0.2) is 0 Å². The van der Waals surface area contributed by atoms with Crippen molar-refractivity contribution in [2.24, 2.45) is 0 Å². The Labute approximate surface area is 179 Å². The molecule has 0 aliphatic heterocycles. The van der Waals surface area contributed by atoms with Gasteiger partial charge in [0.05, 0.1) is 7.11 Å². The van der Waals surface area contributed by atoms with Gasteiger partial charge in [-0.25, -0.2) is 4.79 Å². The van der Waals surface area contributed by atoms with Crippen LogP contribution in [0.25, 0.3) is 0 Å². The fraction of sp³-hybridized carbons (Fsp3) is 0.391. The lowest BCUT2D eigenvalue weighted by Gasteiger charge is -2.24. The van der Waals surface area contributed by atoms with Crippen LogP contribution in [0, 0.1) is 5.41 Å². The monoisotopic (exact) mass is 437 g/mol. The molecule has 0 fully saturated rings. The minimum atomic E-state index is -4.91. The molecule has 1 atom stereocenters. The lowest BCUT2D eigenvalue weighted by atomic mass is 9.94. The van der Waals surface area contributed by atoms with E-state index in [1.807, 2.05) is 6.92 Å². The van der Waals surface area contributed by atoms with Crippen molar-refractivity contribution in [2.75, 3.05) is 7.11 Å². The molecule has 0 aliphatic carbocycles. The Kier molecular flexibility index (Phi) is 8.08. The number of carbonyl (C=O) groups excluding carboxylic acids is 1. The van der Waals surface area contributed by atoms with Gasteiger partial charge < -0.3 is 14.6 Å². The van der Waals surface area contributed by atoms with Crippen LogP contribution < -0.4 is 4.74 Å². The maximum atomic E-state index is 13.2. The number of rotatable bonds is 9. The highest BCUT2D eigenvalue weighted by Gasteiger charge is 2.38. The van der Waals surface area contributed by atoms with E-state index in [-0.39, 0.29) is 17.7 Å². The van der Waals surface area contributed by atoms with Crippen molar-refractivity contribution in [1.82, 2.24) is 0 Å². The molecule has 0 saturated heterocycles. The van der Waals surface area contributed by atoms with E-state index in [0.29, 0.717) is 30.4 Å². The highest BCUT2D eigenvalue weighted by atomic mass is 19.4. The van der Waals surface area contributed by atoms with Crippen molar-refractivity contribution in [3.05, 3.63) is 58.7 Å². The van der Waals surface area contributed by atoms with Crippen LogP contribution in [0.3, 0.4) is 0 Å². The quantitative estimate of drug-likeness (QED) is 0.400. The van der Waals surface area contributed by atoms with Crippen LogP contribution >= 0.6 is 0 Å². The number of methoxy groups -OCH3 is 1. The number of aryl methyl sites for hydroxylation is 1. The molecule has 2 aromatic carbocycles. The van der Waals surface area contributed by atoms with Crippen LogP contribution in [0.2, 0.25) is 0 Å². The molecule has 1 unspecified atom stereocenters. The average Bonchev–Trinajstić information content (AvgIpc) is 2.74. The van der Waals surface area contributed by atoms with E-state index in [4.69, 9.17) is 14.9 Å². The van der Waals surface area contributed by atoms with Crippen LogP contribution in [0.1, 0.15) is 55.0 Å². The van der Waals surface area contributed by atoms with Gasteiger partial charge in [0.1, 0.15) is 17.2 Å². The van der Waals surface area contributed by atoms with E-state index in [2.05, 4.69) is 0 Å². The largest absolute Gasteiger partial charge is 0.507 e. The zero-order valence-corrected chi connectivity index (χ0v) is 17.7. The minimum absolute atomic E-state index is 0.141. The summed E-state index contributed by atoms with van der Waals surface area (Å²) in [4.78, 5) is 12.5. The standard InChI is InChI=1S/C23H26F3NO4/c1-4-9-15-13-17(21(27)23(24,25)26)18(28)16(10-5-2)19(15)31-20(22(29)30-3)14-11-7-6-8-12-14/h6-8,11-13,20,27-28H,4-5,9-10H2,1-3H3. The Morgan fingerprint density at radius 3 is 2.26 bits per heavy atom. The predicted molar refractivity (Wildman–Crippen MR) is 111 cm³/mol. The molecule has 8 heteroatoms. The second-order valence-corrected chi connectivity index (χ2v) is 7.04. The number of halogens is 3. The Balaban J connectivity index is 2.70. The van der Waals surface area contributed by atoms with Crippen molar-refractivity contribution < 1.29 is 32.5 Å². The zero-order chi connectivity index (χ0) is 23.2. The van der Waals surface area contributed by atoms with Gasteiger partial charge in [0.2, 0.25) is 6.10 Å². The molecule has 0 spiro atoms. The number of hydrogen-bond donors (Lipinski definition) is 2. The molecular weight excluding hydrogens is 411 g/mol. The number of benzene rings is 2. The van der Waals surface area contributed by atoms with E-state index >= 15 is 0 Å². The first-order chi connectivity index (χ1) is 14.6. The fourth-order valence-corrected chi connectivity index (χ4v) is 3.30. The van der Waals surface area contributed by atoms with Crippen LogP contribution in [0.15, 0.2) is 36.4 Å². The lowest BCUT2D eigenvalue weighted by molar-refractivity contribution is -0.149. The van der Waals surface area contributed by atoms with Crippen LogP contribution in [-0.4, -0.2) is 30.1 Å². The van der Waals surface area contributed by atoms with Crippen LogP contribution in [0.5, 0.6) is 11.5 Å². The van der Waals surface area contributed by atoms with Gasteiger partial charge >= 0.3 is 12.1 Å². The number of phenols is 1. The van der Waals surface area contributed by atoms with Crippen LogP contribution in [0.4, 0.5) is 13.2 Å². The first-order valence-corrected chi connectivity index (χ1v) is 9.98. The Morgan fingerprint density at radius 2 is 1.74 bits per heavy atom. The second kappa shape index (κ2) is 10.3. The minimum Gasteiger partial charge on any atom is -0.507 e. The molecule has 2 rings (SSSR count). The molecule has 0 radical (unpaired) electrons. The summed E-state index contributed by atoms with van der Waals surface area (Å²) in [6.45, 7) is 3.65. The highest BCUT2D eigenvalue weighted by Crippen LogP contribution is 2.41. The molecular formula is C23H26F3NO4. The van der Waals surface area contributed by atoms with Crippen LogP contribution in [-0.2, 0) is 22.4 Å². The summed E-state index contributed by atoms with van der Waals surface area (Å²) in [6.07, 6.45) is -4.44. The maximum absolute atomic E-state index is 13.2. The van der Waals surface area contributed by atoms with Gasteiger partial charge in [-0.1, -0.05) is 57.0 Å². The first-order valence-electron chi connectivity index (χ1n) is 9.98. The van der Waals surface area contributed by atoms with Crippen molar-refractivity contribution in [2.45, 2.75) is 51.8 Å². The van der Waals surface area contributed by atoms with Gasteiger partial charge in [-0.15, -0.1) is 0 Å². The van der Waals surface area contributed by atoms with Crippen molar-refractivity contribution >= 4 is 11.7 Å². The van der Waals surface area contributed by atoms with Gasteiger partial charge in [-0.3, -0.25) is 5.41 Å². The number of phenolic OH excluding ortho intramolecular Hbond substituents is 1. The Morgan fingerprint density at radius 1 is 1.13 bits per heavy atom. The third-order valence-electron chi connectivity index (χ3n) is 4.75. The normalized spacial score (nSPS) is 12.3. The summed E-state index contributed by atoms with van der Waals surface area (Å²) in [6, 6.07) is 9.69. The number of nitrogens with one attached hydrogen (secondary N) is 1. The third-order valence-corrected chi connectivity index (χ3v) is 4.75. The molecule has 0 aromatic heterocycles. The van der Waals surface area contributed by atoms with Gasteiger partial charge in [0, 0.05) is 16.7 Å². The summed E-state index contributed by atoms with van der Waals surface area (Å²) >= 11 is 0. The summed E-state index contributed by atoms with van der Waals surface area (Å²) in [5.41, 5.74) is -1.19. The van der Waals surface area contributed by atoms with E-state index in [0.717, 1.165) is 6.07 Å². The van der Waals surface area contributed by atoms with Crippen molar-refractivity contribution in [3.8, 4) is 11.5 Å². The van der Waals surface area contributed by atoms with E-state index in [1.54, 1.807) is 37.3 Å². The fourth-order valence-electron chi connectivity index (χ4n) is 3.30. The van der Waals surface area contributed by atoms with E-state index in [9.17, 15) is 23.1 Å². The number of hydrogen-bond acceptors (Lipinski definition) is 5. The zero-order valence-electron chi connectivity index (χ0n) is 17.7. The highest BCUT2D eigenvalue weighted by molar-refractivity contribution is 6.05. The van der Waals surface area contributed by atoms with Gasteiger partial charge in [-0.2, -0.15) is 13.2 Å². The topological polar surface area (TPSA) is 79.6 Å². The summed E-state index contributed by atoms with van der Waals surface area (Å²) < 4.78 is 50.5. The molecule has 2 aromatic rings. The molecule has 31 heavy (non-hydrogen) atoms. The number of esters is 1. The predicted octanol–water partition coefficient (Wildman–Crippen LogP) is 5.52. The molecule has 0 amide bonds. The van der Waals surface area contributed by atoms with E-state index in [1.165, 1.54) is 7.11 Å². The average molecular weight is 437 g/mol. The van der Waals surface area contributed by atoms with E-state index < -0.39 is 35.3 Å². The summed E-state index contributed by atoms with van der Waals surface area (Å²) in [7, 11) is 1.22. The summed E-state index contributed by atoms with van der Waals surface area (Å²) in [5, 5.41) is 18.2. The van der Waals surface area contributed by atoms with Crippen molar-refractivity contribution in [1.29, 1.82) is 5.41 Å². The number of aromatic hydroxyl groups is 1. The molecule has 168 valence electrons. The third kappa shape index (κ3) is 5.57. The lowest BCUT2D eigenvalue weighted by Crippen LogP contribution is -2.24. The number of ether oxygens (including phenoxy) is 2. The SMILES string of the molecule is CCCc1cc(C(=N)C(F)(F)F)c(O)c(CCC)c1OC(C(=O)OC)c1ccccc1. The molecule has 0 aliphatic rings. The first kappa shape index (κ1) is 24.2.